The molecule has 3 N–H and O–H groups in total. The average Bonchev–Trinajstić information content (AvgIpc) is 2.27. The molecule has 0 aliphatic carbocycles. The van der Waals surface area contributed by atoms with Gasteiger partial charge in [-0.2, -0.15) is 0 Å². The van der Waals surface area contributed by atoms with Crippen molar-refractivity contribution in [2.45, 2.75) is 13.8 Å². The largest absolute Gasteiger partial charge is 0.383 e. The first-order valence-corrected chi connectivity index (χ1v) is 5.53. The van der Waals surface area contributed by atoms with Crippen LogP contribution in [0.5, 0.6) is 0 Å². The van der Waals surface area contributed by atoms with Crippen molar-refractivity contribution >= 4 is 16.6 Å². The van der Waals surface area contributed by atoms with Crippen LogP contribution in [0.2, 0.25) is 0 Å². The minimum atomic E-state index is 0.634. The van der Waals surface area contributed by atoms with Gasteiger partial charge < -0.3 is 11.1 Å². The second-order valence-electron chi connectivity index (χ2n) is 4.00. The SMILES string of the molecule is Cc1cc(NCCN)c2cccc(C)c2n1. The van der Waals surface area contributed by atoms with Gasteiger partial charge in [0, 0.05) is 29.9 Å². The van der Waals surface area contributed by atoms with Crippen LogP contribution in [0.3, 0.4) is 0 Å². The van der Waals surface area contributed by atoms with Gasteiger partial charge in [-0.25, -0.2) is 0 Å². The molecule has 0 aliphatic rings. The topological polar surface area (TPSA) is 50.9 Å². The van der Waals surface area contributed by atoms with E-state index >= 15 is 0 Å². The zero-order valence-electron chi connectivity index (χ0n) is 9.75. The summed E-state index contributed by atoms with van der Waals surface area (Å²) in [5.41, 5.74) is 9.94. The van der Waals surface area contributed by atoms with E-state index in [1.165, 1.54) is 10.9 Å². The Balaban J connectivity index is 2.59. The summed E-state index contributed by atoms with van der Waals surface area (Å²) in [6.07, 6.45) is 0. The van der Waals surface area contributed by atoms with E-state index in [-0.39, 0.29) is 0 Å². The summed E-state index contributed by atoms with van der Waals surface area (Å²) in [5, 5.41) is 4.51. The van der Waals surface area contributed by atoms with Crippen LogP contribution >= 0.6 is 0 Å². The van der Waals surface area contributed by atoms with E-state index in [1.807, 2.05) is 6.92 Å². The van der Waals surface area contributed by atoms with Crippen molar-refractivity contribution in [3.05, 3.63) is 35.5 Å². The molecule has 0 bridgehead atoms. The third kappa shape index (κ3) is 1.99. The van der Waals surface area contributed by atoms with Crippen LogP contribution in [0, 0.1) is 13.8 Å². The van der Waals surface area contributed by atoms with Gasteiger partial charge in [-0.15, -0.1) is 0 Å². The van der Waals surface area contributed by atoms with E-state index in [2.05, 4.69) is 41.5 Å². The minimum Gasteiger partial charge on any atom is -0.383 e. The first kappa shape index (κ1) is 10.9. The Kier molecular flexibility index (Phi) is 3.06. The molecule has 2 aromatic rings. The molecule has 0 spiro atoms. The maximum Gasteiger partial charge on any atom is 0.0755 e. The first-order valence-electron chi connectivity index (χ1n) is 5.53. The summed E-state index contributed by atoms with van der Waals surface area (Å²) in [7, 11) is 0. The second-order valence-corrected chi connectivity index (χ2v) is 4.00. The van der Waals surface area contributed by atoms with Crippen molar-refractivity contribution in [1.29, 1.82) is 0 Å². The molecule has 3 nitrogen and oxygen atoms in total. The van der Waals surface area contributed by atoms with E-state index in [1.54, 1.807) is 0 Å². The molecule has 0 unspecified atom stereocenters. The lowest BCUT2D eigenvalue weighted by Gasteiger charge is -2.11. The smallest absolute Gasteiger partial charge is 0.0755 e. The van der Waals surface area contributed by atoms with Crippen LogP contribution in [0.4, 0.5) is 5.69 Å². The highest BCUT2D eigenvalue weighted by molar-refractivity contribution is 5.93. The molecule has 0 saturated heterocycles. The molecular weight excluding hydrogens is 198 g/mol. The number of nitrogens with zero attached hydrogens (tertiary/aromatic N) is 1. The summed E-state index contributed by atoms with van der Waals surface area (Å²) < 4.78 is 0. The summed E-state index contributed by atoms with van der Waals surface area (Å²) >= 11 is 0. The summed E-state index contributed by atoms with van der Waals surface area (Å²) in [5.74, 6) is 0. The minimum absolute atomic E-state index is 0.634. The Morgan fingerprint density at radius 2 is 2.12 bits per heavy atom. The fourth-order valence-corrected chi connectivity index (χ4v) is 1.87. The molecule has 0 radical (unpaired) electrons. The van der Waals surface area contributed by atoms with Gasteiger partial charge >= 0.3 is 0 Å². The molecule has 1 heterocycles. The van der Waals surface area contributed by atoms with Crippen LogP contribution < -0.4 is 11.1 Å². The maximum absolute atomic E-state index is 5.51. The predicted molar refractivity (Wildman–Crippen MR) is 68.8 cm³/mol. The fraction of sp³-hybridized carbons (Fsp3) is 0.308. The zero-order chi connectivity index (χ0) is 11.5. The summed E-state index contributed by atoms with van der Waals surface area (Å²) in [6, 6.07) is 8.30. The number of hydrogen-bond donors (Lipinski definition) is 2. The average molecular weight is 215 g/mol. The number of para-hydroxylation sites is 1. The normalized spacial score (nSPS) is 10.7. The molecule has 1 aromatic carbocycles. The van der Waals surface area contributed by atoms with Gasteiger partial charge in [-0.3, -0.25) is 4.98 Å². The van der Waals surface area contributed by atoms with Crippen molar-refractivity contribution in [1.82, 2.24) is 4.98 Å². The molecule has 0 fully saturated rings. The van der Waals surface area contributed by atoms with Crippen molar-refractivity contribution in [2.24, 2.45) is 5.73 Å². The number of fused-ring (bicyclic) bond motifs is 1. The Morgan fingerprint density at radius 1 is 1.31 bits per heavy atom. The summed E-state index contributed by atoms with van der Waals surface area (Å²) in [4.78, 5) is 4.57. The monoisotopic (exact) mass is 215 g/mol. The summed E-state index contributed by atoms with van der Waals surface area (Å²) in [6.45, 7) is 5.52. The molecule has 0 atom stereocenters. The molecule has 84 valence electrons. The van der Waals surface area contributed by atoms with E-state index in [0.717, 1.165) is 23.4 Å². The van der Waals surface area contributed by atoms with Crippen molar-refractivity contribution in [3.63, 3.8) is 0 Å². The lowest BCUT2D eigenvalue weighted by Crippen LogP contribution is -2.13. The Labute approximate surface area is 95.7 Å². The lowest BCUT2D eigenvalue weighted by molar-refractivity contribution is 1.02. The van der Waals surface area contributed by atoms with Gasteiger partial charge in [-0.1, -0.05) is 18.2 Å². The highest BCUT2D eigenvalue weighted by atomic mass is 14.9. The van der Waals surface area contributed by atoms with Crippen molar-refractivity contribution in [2.75, 3.05) is 18.4 Å². The van der Waals surface area contributed by atoms with Crippen LogP contribution in [-0.4, -0.2) is 18.1 Å². The highest BCUT2D eigenvalue weighted by Crippen LogP contribution is 2.25. The van der Waals surface area contributed by atoms with Gasteiger partial charge in [-0.05, 0) is 25.5 Å². The van der Waals surface area contributed by atoms with Gasteiger partial charge in [0.2, 0.25) is 0 Å². The number of hydrogen-bond acceptors (Lipinski definition) is 3. The Bertz CT molecular complexity index is 506. The molecule has 0 amide bonds. The quantitative estimate of drug-likeness (QED) is 0.825. The maximum atomic E-state index is 5.51. The molecule has 1 aromatic heterocycles. The molecule has 16 heavy (non-hydrogen) atoms. The van der Waals surface area contributed by atoms with Crippen molar-refractivity contribution < 1.29 is 0 Å². The van der Waals surface area contributed by atoms with Crippen LogP contribution in [0.1, 0.15) is 11.3 Å². The van der Waals surface area contributed by atoms with E-state index < -0.39 is 0 Å². The number of aromatic nitrogens is 1. The number of anilines is 1. The fourth-order valence-electron chi connectivity index (χ4n) is 1.87. The highest BCUT2D eigenvalue weighted by Gasteiger charge is 2.04. The number of nitrogens with one attached hydrogen (secondary N) is 1. The van der Waals surface area contributed by atoms with E-state index in [9.17, 15) is 0 Å². The molecule has 3 heteroatoms. The van der Waals surface area contributed by atoms with Gasteiger partial charge in [0.05, 0.1) is 5.52 Å². The van der Waals surface area contributed by atoms with Crippen LogP contribution in [0.15, 0.2) is 24.3 Å². The lowest BCUT2D eigenvalue weighted by atomic mass is 10.1. The Hall–Kier alpha value is -1.61. The standard InChI is InChI=1S/C13H17N3/c1-9-4-3-5-11-12(15-7-6-14)8-10(2)16-13(9)11/h3-5,8H,6-7,14H2,1-2H3,(H,15,16). The number of pyridine rings is 1. The van der Waals surface area contributed by atoms with Gasteiger partial charge in [0.15, 0.2) is 0 Å². The van der Waals surface area contributed by atoms with E-state index in [4.69, 9.17) is 5.73 Å². The molecular formula is C13H17N3. The second kappa shape index (κ2) is 4.49. The van der Waals surface area contributed by atoms with Gasteiger partial charge in [0.25, 0.3) is 0 Å². The molecule has 0 saturated carbocycles. The molecule has 2 rings (SSSR count). The zero-order valence-corrected chi connectivity index (χ0v) is 9.75. The van der Waals surface area contributed by atoms with Crippen LogP contribution in [-0.2, 0) is 0 Å². The number of benzene rings is 1. The molecule has 0 aliphatic heterocycles. The van der Waals surface area contributed by atoms with Crippen LogP contribution in [0.25, 0.3) is 10.9 Å². The van der Waals surface area contributed by atoms with E-state index in [0.29, 0.717) is 6.54 Å². The van der Waals surface area contributed by atoms with Gasteiger partial charge in [0.1, 0.15) is 0 Å². The number of rotatable bonds is 3. The predicted octanol–water partition coefficient (Wildman–Crippen LogP) is 2.22. The Morgan fingerprint density at radius 3 is 2.88 bits per heavy atom. The van der Waals surface area contributed by atoms with Crippen molar-refractivity contribution in [3.8, 4) is 0 Å². The number of aryl methyl sites for hydroxylation is 2. The third-order valence-electron chi connectivity index (χ3n) is 2.63. The first-order chi connectivity index (χ1) is 7.72. The number of nitrogens with two attached hydrogens (primary N) is 1. The third-order valence-corrected chi connectivity index (χ3v) is 2.63.